The Morgan fingerprint density at radius 3 is 2.45 bits per heavy atom. The van der Waals surface area contributed by atoms with Crippen LogP contribution in [0.1, 0.15) is 52.1 Å². The molecule has 0 heterocycles. The van der Waals surface area contributed by atoms with E-state index >= 15 is 0 Å². The van der Waals surface area contributed by atoms with Gasteiger partial charge in [0.1, 0.15) is 0 Å². The summed E-state index contributed by atoms with van der Waals surface area (Å²) in [5.74, 6) is 0.326. The molecule has 1 aliphatic carbocycles. The van der Waals surface area contributed by atoms with Gasteiger partial charge in [-0.05, 0) is 49.4 Å². The van der Waals surface area contributed by atoms with Crippen LogP contribution >= 0.6 is 0 Å². The number of amides is 1. The van der Waals surface area contributed by atoms with Gasteiger partial charge in [0.05, 0.1) is 0 Å². The largest absolute Gasteiger partial charge is 0.326 e. The van der Waals surface area contributed by atoms with Gasteiger partial charge in [0, 0.05) is 17.6 Å². The first-order chi connectivity index (χ1) is 9.44. The number of benzene rings is 1. The molecule has 1 saturated carbocycles. The smallest absolute Gasteiger partial charge is 0.228 e. The van der Waals surface area contributed by atoms with Crippen molar-refractivity contribution in [3.63, 3.8) is 0 Å². The van der Waals surface area contributed by atoms with Crippen molar-refractivity contribution in [3.05, 3.63) is 29.8 Å². The highest BCUT2D eigenvalue weighted by molar-refractivity contribution is 5.94. The highest BCUT2D eigenvalue weighted by atomic mass is 16.2. The number of hydrogen-bond donors (Lipinski definition) is 2. The average Bonchev–Trinajstić information content (AvgIpc) is 3.06. The van der Waals surface area contributed by atoms with Crippen molar-refractivity contribution in [3.8, 4) is 0 Å². The minimum atomic E-state index is 0.153. The van der Waals surface area contributed by atoms with Crippen LogP contribution in [0.4, 0.5) is 5.69 Å². The molecule has 110 valence electrons. The SMILES string of the molecule is CCCNC(C)c1ccc(NC(=O)C2CC2(C)C)cc1. The molecule has 2 rings (SSSR count). The van der Waals surface area contributed by atoms with Crippen LogP contribution in [-0.2, 0) is 4.79 Å². The fourth-order valence-electron chi connectivity index (χ4n) is 2.48. The van der Waals surface area contributed by atoms with Crippen molar-refractivity contribution in [2.75, 3.05) is 11.9 Å². The second-order valence-corrected chi connectivity index (χ2v) is 6.53. The minimum Gasteiger partial charge on any atom is -0.326 e. The van der Waals surface area contributed by atoms with Gasteiger partial charge < -0.3 is 10.6 Å². The Labute approximate surface area is 122 Å². The van der Waals surface area contributed by atoms with E-state index < -0.39 is 0 Å². The molecule has 1 aromatic rings. The average molecular weight is 274 g/mol. The standard InChI is InChI=1S/C17H26N2O/c1-5-10-18-12(2)13-6-8-14(9-7-13)19-16(20)15-11-17(15,3)4/h6-9,12,15,18H,5,10-11H2,1-4H3,(H,19,20). The summed E-state index contributed by atoms with van der Waals surface area (Å²) in [4.78, 5) is 12.0. The Kier molecular flexibility index (Phi) is 4.48. The van der Waals surface area contributed by atoms with E-state index in [-0.39, 0.29) is 17.2 Å². The van der Waals surface area contributed by atoms with Crippen LogP contribution in [0.3, 0.4) is 0 Å². The maximum Gasteiger partial charge on any atom is 0.228 e. The fraction of sp³-hybridized carbons (Fsp3) is 0.588. The van der Waals surface area contributed by atoms with E-state index in [1.54, 1.807) is 0 Å². The monoisotopic (exact) mass is 274 g/mol. The Hall–Kier alpha value is -1.35. The van der Waals surface area contributed by atoms with Gasteiger partial charge in [-0.15, -0.1) is 0 Å². The molecular weight excluding hydrogens is 248 g/mol. The summed E-state index contributed by atoms with van der Waals surface area (Å²) < 4.78 is 0. The number of carbonyl (C=O) groups is 1. The molecule has 0 aromatic heterocycles. The third-order valence-corrected chi connectivity index (χ3v) is 4.21. The summed E-state index contributed by atoms with van der Waals surface area (Å²) in [6.45, 7) is 9.63. The van der Waals surface area contributed by atoms with Gasteiger partial charge in [0.25, 0.3) is 0 Å². The first-order valence-electron chi connectivity index (χ1n) is 7.58. The van der Waals surface area contributed by atoms with E-state index in [2.05, 4.69) is 50.5 Å². The number of rotatable bonds is 6. The predicted molar refractivity (Wildman–Crippen MR) is 83.7 cm³/mol. The fourth-order valence-corrected chi connectivity index (χ4v) is 2.48. The summed E-state index contributed by atoms with van der Waals surface area (Å²) >= 11 is 0. The van der Waals surface area contributed by atoms with Gasteiger partial charge in [-0.1, -0.05) is 32.9 Å². The molecule has 2 N–H and O–H groups in total. The van der Waals surface area contributed by atoms with Crippen LogP contribution in [0.15, 0.2) is 24.3 Å². The minimum absolute atomic E-state index is 0.153. The maximum absolute atomic E-state index is 12.0. The van der Waals surface area contributed by atoms with Gasteiger partial charge in [-0.3, -0.25) is 4.79 Å². The first-order valence-corrected chi connectivity index (χ1v) is 7.58. The second kappa shape index (κ2) is 5.96. The van der Waals surface area contributed by atoms with Crippen LogP contribution in [0.5, 0.6) is 0 Å². The lowest BCUT2D eigenvalue weighted by molar-refractivity contribution is -0.117. The molecule has 0 spiro atoms. The van der Waals surface area contributed by atoms with Gasteiger partial charge in [0.15, 0.2) is 0 Å². The van der Waals surface area contributed by atoms with E-state index in [1.165, 1.54) is 5.56 Å². The summed E-state index contributed by atoms with van der Waals surface area (Å²) in [5, 5.41) is 6.47. The zero-order chi connectivity index (χ0) is 14.8. The lowest BCUT2D eigenvalue weighted by Crippen LogP contribution is -2.19. The molecule has 1 aliphatic rings. The van der Waals surface area contributed by atoms with E-state index in [1.807, 2.05) is 12.1 Å². The Balaban J connectivity index is 1.90. The van der Waals surface area contributed by atoms with Crippen LogP contribution < -0.4 is 10.6 Å². The number of hydrogen-bond acceptors (Lipinski definition) is 2. The summed E-state index contributed by atoms with van der Waals surface area (Å²) in [7, 11) is 0. The normalized spacial score (nSPS) is 21.3. The molecular formula is C17H26N2O. The molecule has 1 fully saturated rings. The van der Waals surface area contributed by atoms with Crippen molar-refractivity contribution in [1.29, 1.82) is 0 Å². The van der Waals surface area contributed by atoms with Crippen molar-refractivity contribution < 1.29 is 4.79 Å². The summed E-state index contributed by atoms with van der Waals surface area (Å²) in [6.07, 6.45) is 2.13. The van der Waals surface area contributed by atoms with Gasteiger partial charge >= 0.3 is 0 Å². The van der Waals surface area contributed by atoms with Gasteiger partial charge in [0.2, 0.25) is 5.91 Å². The topological polar surface area (TPSA) is 41.1 Å². The quantitative estimate of drug-likeness (QED) is 0.830. The molecule has 1 aromatic carbocycles. The van der Waals surface area contributed by atoms with Crippen molar-refractivity contribution in [1.82, 2.24) is 5.32 Å². The summed E-state index contributed by atoms with van der Waals surface area (Å²) in [5.41, 5.74) is 2.33. The highest BCUT2D eigenvalue weighted by Gasteiger charge is 2.50. The zero-order valence-electron chi connectivity index (χ0n) is 13.0. The molecule has 0 radical (unpaired) electrons. The van der Waals surface area contributed by atoms with E-state index in [0.717, 1.165) is 25.1 Å². The Morgan fingerprint density at radius 1 is 1.35 bits per heavy atom. The zero-order valence-corrected chi connectivity index (χ0v) is 13.0. The predicted octanol–water partition coefficient (Wildman–Crippen LogP) is 3.73. The molecule has 3 nitrogen and oxygen atoms in total. The lowest BCUT2D eigenvalue weighted by atomic mass is 10.1. The van der Waals surface area contributed by atoms with Crippen molar-refractivity contribution in [2.24, 2.45) is 11.3 Å². The van der Waals surface area contributed by atoms with Crippen LogP contribution in [0.25, 0.3) is 0 Å². The molecule has 0 aliphatic heterocycles. The van der Waals surface area contributed by atoms with E-state index in [9.17, 15) is 4.79 Å². The third kappa shape index (κ3) is 3.60. The van der Waals surface area contributed by atoms with Crippen LogP contribution in [0, 0.1) is 11.3 Å². The third-order valence-electron chi connectivity index (χ3n) is 4.21. The molecule has 2 unspecified atom stereocenters. The van der Waals surface area contributed by atoms with Crippen molar-refractivity contribution in [2.45, 2.75) is 46.6 Å². The first kappa shape index (κ1) is 15.0. The van der Waals surface area contributed by atoms with E-state index in [4.69, 9.17) is 0 Å². The Morgan fingerprint density at radius 2 is 1.95 bits per heavy atom. The summed E-state index contributed by atoms with van der Waals surface area (Å²) in [6, 6.07) is 8.50. The number of anilines is 1. The second-order valence-electron chi connectivity index (χ2n) is 6.53. The number of nitrogens with one attached hydrogen (secondary N) is 2. The maximum atomic E-state index is 12.0. The molecule has 0 saturated heterocycles. The lowest BCUT2D eigenvalue weighted by Gasteiger charge is -2.14. The molecule has 1 amide bonds. The number of carbonyl (C=O) groups excluding carboxylic acids is 1. The van der Waals surface area contributed by atoms with Gasteiger partial charge in [-0.25, -0.2) is 0 Å². The molecule has 3 heteroatoms. The van der Waals surface area contributed by atoms with Crippen LogP contribution in [-0.4, -0.2) is 12.5 Å². The molecule has 20 heavy (non-hydrogen) atoms. The van der Waals surface area contributed by atoms with Crippen LogP contribution in [0.2, 0.25) is 0 Å². The van der Waals surface area contributed by atoms with E-state index in [0.29, 0.717) is 6.04 Å². The van der Waals surface area contributed by atoms with Gasteiger partial charge in [-0.2, -0.15) is 0 Å². The van der Waals surface area contributed by atoms with Crippen molar-refractivity contribution >= 4 is 11.6 Å². The molecule has 0 bridgehead atoms. The molecule has 2 atom stereocenters. The Bertz CT molecular complexity index is 464. The highest BCUT2D eigenvalue weighted by Crippen LogP contribution is 2.51.